The molecule has 0 unspecified atom stereocenters. The first kappa shape index (κ1) is 58.6. The molecule has 0 N–H and O–H groups in total. The van der Waals surface area contributed by atoms with Crippen molar-refractivity contribution in [1.82, 2.24) is 0 Å². The number of aryl methyl sites for hydroxylation is 2. The van der Waals surface area contributed by atoms with Gasteiger partial charge in [-0.1, -0.05) is 281 Å². The summed E-state index contributed by atoms with van der Waals surface area (Å²) in [7, 11) is 0. The summed E-state index contributed by atoms with van der Waals surface area (Å²) in [4.78, 5) is 3.45. The van der Waals surface area contributed by atoms with Crippen LogP contribution in [0.2, 0.25) is 0 Å². The summed E-state index contributed by atoms with van der Waals surface area (Å²) in [6.07, 6.45) is 50.2. The first-order chi connectivity index (χ1) is 30.7. The zero-order chi connectivity index (χ0) is 44.4. The van der Waals surface area contributed by atoms with Gasteiger partial charge < -0.3 is 5.53 Å². The van der Waals surface area contributed by atoms with Crippen molar-refractivity contribution >= 4 is 11.4 Å². The van der Waals surface area contributed by atoms with Crippen LogP contribution in [0.5, 0.6) is 0 Å². The summed E-state index contributed by atoms with van der Waals surface area (Å²) in [5.41, 5.74) is 18.1. The predicted octanol–water partition coefficient (Wildman–Crippen LogP) is 19.5. The molecular formula is C60H96N2Pd. The van der Waals surface area contributed by atoms with Gasteiger partial charge in [-0.15, -0.1) is 4.79 Å². The van der Waals surface area contributed by atoms with Gasteiger partial charge in [0.15, 0.2) is 5.57 Å². The molecule has 0 heterocycles. The first-order valence-corrected chi connectivity index (χ1v) is 27.1. The van der Waals surface area contributed by atoms with Gasteiger partial charge in [-0.25, -0.2) is 0 Å². The Labute approximate surface area is 405 Å². The Morgan fingerprint density at radius 1 is 0.413 bits per heavy atom. The van der Waals surface area contributed by atoms with Crippen LogP contribution in [-0.4, -0.2) is 10.7 Å². The molecule has 0 saturated heterocycles. The predicted molar refractivity (Wildman–Crippen MR) is 275 cm³/mol. The van der Waals surface area contributed by atoms with E-state index in [9.17, 15) is 5.53 Å². The Morgan fingerprint density at radius 3 is 1.11 bits per heavy atom. The fourth-order valence-corrected chi connectivity index (χ4v) is 8.96. The molecule has 0 aliphatic rings. The number of rotatable bonds is 40. The van der Waals surface area contributed by atoms with Crippen molar-refractivity contribution < 1.29 is 25.2 Å². The van der Waals surface area contributed by atoms with Crippen molar-refractivity contribution in [2.75, 3.05) is 0 Å². The van der Waals surface area contributed by atoms with Gasteiger partial charge in [-0.2, -0.15) is 0 Å². The number of benzene rings is 2. The van der Waals surface area contributed by atoms with E-state index in [4.69, 9.17) is 0 Å². The Morgan fingerprint density at radius 2 is 0.746 bits per heavy atom. The SMILES string of the molecule is CCCCCCCCCCCCCCCCCCCCCCCCCCC#CC(=C=[N+]=[N-])C(CCCC)=C(c1ccc(CCCC)cc1)c1ccc(CCCCCCCC)cc1.[Pd]. The largest absolute Gasteiger partial charge is 0.348 e. The molecule has 0 atom stereocenters. The third kappa shape index (κ3) is 30.4. The molecule has 0 aliphatic heterocycles. The van der Waals surface area contributed by atoms with Crippen LogP contribution in [0.1, 0.15) is 281 Å². The molecular weight excluding hydrogens is 855 g/mol. The van der Waals surface area contributed by atoms with E-state index >= 15 is 0 Å². The van der Waals surface area contributed by atoms with E-state index < -0.39 is 0 Å². The molecule has 0 aromatic heterocycles. The summed E-state index contributed by atoms with van der Waals surface area (Å²) in [6.45, 7) is 9.09. The average molecular weight is 952 g/mol. The third-order valence-electron chi connectivity index (χ3n) is 13.0. The van der Waals surface area contributed by atoms with Crippen molar-refractivity contribution in [3.63, 3.8) is 0 Å². The number of allylic oxidation sites excluding steroid dienone is 2. The standard InChI is InChI=1S/C60H96N2.Pd/c1-5-9-13-15-17-18-19-20-21-22-23-24-25-26-27-28-29-30-31-32-33-34-35-36-38-40-43-58(53-62-61)59(44-12-8-4)60(56-49-45-54(46-50-56)41-11-7-3)57-51-47-55(48-52-57)42-39-37-16-14-10-6-2;/h45-52H,5-39,41-42,44H2,1-4H3;. The van der Waals surface area contributed by atoms with E-state index in [-0.39, 0.29) is 20.4 Å². The number of hydrogen-bond acceptors (Lipinski definition) is 0. The summed E-state index contributed by atoms with van der Waals surface area (Å²) in [5.74, 6) is 9.88. The number of hydrogen-bond donors (Lipinski definition) is 0. The Hall–Kier alpha value is -2.44. The second-order valence-corrected chi connectivity index (χ2v) is 18.7. The summed E-state index contributed by atoms with van der Waals surface area (Å²) >= 11 is 0. The third-order valence-corrected chi connectivity index (χ3v) is 13.0. The fourth-order valence-electron chi connectivity index (χ4n) is 8.96. The topological polar surface area (TPSA) is 36.4 Å². The molecule has 0 bridgehead atoms. The van der Waals surface area contributed by atoms with E-state index in [1.165, 1.54) is 227 Å². The molecule has 2 rings (SSSR count). The molecule has 0 radical (unpaired) electrons. The minimum atomic E-state index is 0. The molecule has 2 nitrogen and oxygen atoms in total. The molecule has 0 spiro atoms. The van der Waals surface area contributed by atoms with Gasteiger partial charge in [0.1, 0.15) is 0 Å². The van der Waals surface area contributed by atoms with Crippen LogP contribution in [0, 0.1) is 11.8 Å². The van der Waals surface area contributed by atoms with Gasteiger partial charge in [-0.3, -0.25) is 0 Å². The van der Waals surface area contributed by atoms with Crippen molar-refractivity contribution in [3.05, 3.63) is 87.5 Å². The number of unbranched alkanes of at least 4 members (excludes halogenated alkanes) is 31. The molecule has 0 saturated carbocycles. The van der Waals surface area contributed by atoms with Crippen molar-refractivity contribution in [2.45, 2.75) is 272 Å². The van der Waals surface area contributed by atoms with Gasteiger partial charge in [0, 0.05) is 26.8 Å². The van der Waals surface area contributed by atoms with Gasteiger partial charge in [0.25, 0.3) is 0 Å². The second-order valence-electron chi connectivity index (χ2n) is 18.7. The maximum absolute atomic E-state index is 9.84. The van der Waals surface area contributed by atoms with Crippen LogP contribution >= 0.6 is 0 Å². The first-order valence-electron chi connectivity index (χ1n) is 27.1. The molecule has 3 heteroatoms. The minimum absolute atomic E-state index is 0. The maximum atomic E-state index is 9.84. The Kier molecular flexibility index (Phi) is 40.4. The summed E-state index contributed by atoms with van der Waals surface area (Å²) < 4.78 is 0. The van der Waals surface area contributed by atoms with Crippen LogP contribution in [0.25, 0.3) is 11.1 Å². The van der Waals surface area contributed by atoms with Gasteiger partial charge in [-0.05, 0) is 78.3 Å². The molecule has 2 aromatic carbocycles. The van der Waals surface area contributed by atoms with E-state index in [1.807, 2.05) is 0 Å². The van der Waals surface area contributed by atoms with Crippen molar-refractivity contribution in [3.8, 4) is 11.8 Å². The summed E-state index contributed by atoms with van der Waals surface area (Å²) in [5, 5.41) is 0. The Balaban J connectivity index is 0.0000198. The average Bonchev–Trinajstić information content (AvgIpc) is 3.29. The minimum Gasteiger partial charge on any atom is -0.348 e. The smallest absolute Gasteiger partial charge is 0.317 e. The number of nitrogens with zero attached hydrogens (tertiary/aromatic N) is 2. The van der Waals surface area contributed by atoms with Crippen molar-refractivity contribution in [1.29, 1.82) is 0 Å². The quantitative estimate of drug-likeness (QED) is 0.0121. The molecule has 2 aromatic rings. The fraction of sp³-hybridized carbons (Fsp3) is 0.700. The Bertz CT molecular complexity index is 1530. The molecule has 63 heavy (non-hydrogen) atoms. The molecule has 356 valence electrons. The normalized spacial score (nSPS) is 11.3. The van der Waals surface area contributed by atoms with Crippen molar-refractivity contribution in [2.24, 2.45) is 0 Å². The van der Waals surface area contributed by atoms with Crippen LogP contribution < -0.4 is 0 Å². The van der Waals surface area contributed by atoms with Crippen LogP contribution in [0.15, 0.2) is 59.7 Å². The van der Waals surface area contributed by atoms with Crippen LogP contribution in [0.4, 0.5) is 0 Å². The molecule has 0 fully saturated rings. The monoisotopic (exact) mass is 951 g/mol. The van der Waals surface area contributed by atoms with Gasteiger partial charge in [0.05, 0.1) is 0 Å². The van der Waals surface area contributed by atoms with E-state index in [2.05, 4.69) is 98.7 Å². The molecule has 0 amide bonds. The van der Waals surface area contributed by atoms with Gasteiger partial charge >= 0.3 is 5.87 Å². The maximum Gasteiger partial charge on any atom is 0.317 e. The zero-order valence-corrected chi connectivity index (χ0v) is 43.3. The van der Waals surface area contributed by atoms with Gasteiger partial charge in [0.2, 0.25) is 0 Å². The van der Waals surface area contributed by atoms with Crippen LogP contribution in [0.3, 0.4) is 0 Å². The van der Waals surface area contributed by atoms with E-state index in [0.29, 0.717) is 0 Å². The zero-order valence-electron chi connectivity index (χ0n) is 41.7. The molecule has 0 aliphatic carbocycles. The van der Waals surface area contributed by atoms with E-state index in [0.717, 1.165) is 56.1 Å². The van der Waals surface area contributed by atoms with Crippen LogP contribution in [-0.2, 0) is 33.3 Å². The summed E-state index contributed by atoms with van der Waals surface area (Å²) in [6, 6.07) is 18.4. The second kappa shape index (κ2) is 43.5. The van der Waals surface area contributed by atoms with E-state index in [1.54, 1.807) is 0 Å².